The van der Waals surface area contributed by atoms with Crippen molar-refractivity contribution in [2.75, 3.05) is 11.9 Å². The monoisotopic (exact) mass is 370 g/mol. The second-order valence-corrected chi connectivity index (χ2v) is 7.47. The number of hydrogen-bond acceptors (Lipinski definition) is 3. The molecule has 27 heavy (non-hydrogen) atoms. The van der Waals surface area contributed by atoms with Crippen LogP contribution in [-0.4, -0.2) is 23.2 Å². The van der Waals surface area contributed by atoms with E-state index in [1.165, 1.54) is 35.6 Å². The van der Waals surface area contributed by atoms with E-state index in [0.29, 0.717) is 18.0 Å². The summed E-state index contributed by atoms with van der Waals surface area (Å²) in [6, 6.07) is 9.13. The number of pyridine rings is 1. The van der Waals surface area contributed by atoms with Gasteiger partial charge >= 0.3 is 0 Å². The normalized spacial score (nSPS) is 22.0. The lowest BCUT2D eigenvalue weighted by molar-refractivity contribution is -0.120. The molecule has 0 spiro atoms. The highest BCUT2D eigenvalue weighted by Gasteiger charge is 2.32. The van der Waals surface area contributed by atoms with E-state index in [1.807, 2.05) is 0 Å². The van der Waals surface area contributed by atoms with Crippen molar-refractivity contribution in [3.63, 3.8) is 0 Å². The summed E-state index contributed by atoms with van der Waals surface area (Å²) < 4.78 is 21.7. The van der Waals surface area contributed by atoms with Crippen LogP contribution in [0.15, 0.2) is 47.4 Å². The summed E-state index contributed by atoms with van der Waals surface area (Å²) in [6.45, 7) is 0.800. The number of hydrogen-bond donors (Lipinski definition) is 1. The largest absolute Gasteiger partial charge is 0.378 e. The Morgan fingerprint density at radius 2 is 2.04 bits per heavy atom. The summed E-state index contributed by atoms with van der Waals surface area (Å²) >= 11 is 0. The minimum atomic E-state index is -0.559. The van der Waals surface area contributed by atoms with Gasteiger partial charge in [0.05, 0.1) is 17.5 Å². The fourth-order valence-electron chi connectivity index (χ4n) is 3.52. The van der Waals surface area contributed by atoms with Crippen LogP contribution in [0.5, 0.6) is 0 Å². The van der Waals surface area contributed by atoms with Crippen LogP contribution in [0.1, 0.15) is 32.1 Å². The summed E-state index contributed by atoms with van der Waals surface area (Å²) in [5, 5.41) is 2.69. The molecule has 2 aromatic rings. The Kier molecular flexibility index (Phi) is 5.07. The number of nitrogens with zero attached hydrogens (tertiary/aromatic N) is 1. The molecule has 142 valence electrons. The Hall–Kier alpha value is -2.47. The zero-order valence-corrected chi connectivity index (χ0v) is 15.1. The van der Waals surface area contributed by atoms with E-state index in [1.54, 1.807) is 24.4 Å². The first-order valence-electron chi connectivity index (χ1n) is 9.50. The van der Waals surface area contributed by atoms with E-state index >= 15 is 0 Å². The molecule has 5 nitrogen and oxygen atoms in total. The van der Waals surface area contributed by atoms with Crippen LogP contribution >= 0.6 is 0 Å². The van der Waals surface area contributed by atoms with E-state index in [2.05, 4.69) is 5.32 Å². The Bertz CT molecular complexity index is 891. The van der Waals surface area contributed by atoms with Crippen LogP contribution in [0.25, 0.3) is 5.69 Å². The third kappa shape index (κ3) is 4.27. The molecule has 2 saturated carbocycles. The lowest BCUT2D eigenvalue weighted by atomic mass is 10.1. The summed E-state index contributed by atoms with van der Waals surface area (Å²) in [5.41, 5.74) is 0.317. The van der Waals surface area contributed by atoms with Gasteiger partial charge in [-0.1, -0.05) is 6.07 Å². The molecule has 4 rings (SSSR count). The number of ether oxygens (including phenoxy) is 1. The SMILES string of the molecule is O=C(Nc1ccc(-n2ccccc2=O)cc1F)C1CC[C@@H](OCC2CC2)C1. The van der Waals surface area contributed by atoms with Crippen LogP contribution in [-0.2, 0) is 9.53 Å². The fourth-order valence-corrected chi connectivity index (χ4v) is 3.52. The number of benzene rings is 1. The number of anilines is 1. The first kappa shape index (κ1) is 17.9. The van der Waals surface area contributed by atoms with E-state index in [4.69, 9.17) is 4.74 Å². The Labute approximate surface area is 157 Å². The standard InChI is InChI=1S/C21H23FN2O3/c22-18-12-16(24-10-2-1-3-20(24)25)7-9-19(18)23-21(26)15-6-8-17(11-15)27-13-14-4-5-14/h1-3,7,9-10,12,14-15,17H,4-6,8,11,13H2,(H,23,26)/t15?,17-/m1/s1. The lowest BCUT2D eigenvalue weighted by Crippen LogP contribution is -2.22. The third-order valence-electron chi connectivity index (χ3n) is 5.33. The summed E-state index contributed by atoms with van der Waals surface area (Å²) in [6.07, 6.45) is 6.55. The van der Waals surface area contributed by atoms with Crippen molar-refractivity contribution >= 4 is 11.6 Å². The van der Waals surface area contributed by atoms with Gasteiger partial charge in [0, 0.05) is 30.9 Å². The predicted molar refractivity (Wildman–Crippen MR) is 100 cm³/mol. The quantitative estimate of drug-likeness (QED) is 0.846. The van der Waals surface area contributed by atoms with E-state index < -0.39 is 5.82 Å². The van der Waals surface area contributed by atoms with Crippen LogP contribution in [0, 0.1) is 17.7 Å². The predicted octanol–water partition coefficient (Wildman–Crippen LogP) is 3.51. The molecule has 0 saturated heterocycles. The van der Waals surface area contributed by atoms with Crippen molar-refractivity contribution < 1.29 is 13.9 Å². The minimum Gasteiger partial charge on any atom is -0.378 e. The Balaban J connectivity index is 1.38. The summed E-state index contributed by atoms with van der Waals surface area (Å²) in [5.74, 6) is -0.167. The summed E-state index contributed by atoms with van der Waals surface area (Å²) in [7, 11) is 0. The fraction of sp³-hybridized carbons (Fsp3) is 0.429. The molecule has 1 N–H and O–H groups in total. The molecule has 1 amide bonds. The van der Waals surface area contributed by atoms with Gasteiger partial charge in [-0.05, 0) is 56.2 Å². The first-order chi connectivity index (χ1) is 13.1. The molecular formula is C21H23FN2O3. The van der Waals surface area contributed by atoms with Crippen LogP contribution in [0.3, 0.4) is 0 Å². The minimum absolute atomic E-state index is 0.134. The zero-order chi connectivity index (χ0) is 18.8. The Morgan fingerprint density at radius 1 is 1.19 bits per heavy atom. The van der Waals surface area contributed by atoms with Crippen molar-refractivity contribution in [1.82, 2.24) is 4.57 Å². The number of amides is 1. The van der Waals surface area contributed by atoms with Gasteiger partial charge in [-0.3, -0.25) is 14.2 Å². The molecule has 2 aliphatic rings. The van der Waals surface area contributed by atoms with E-state index in [9.17, 15) is 14.0 Å². The number of aromatic nitrogens is 1. The van der Waals surface area contributed by atoms with E-state index in [-0.39, 0.29) is 29.2 Å². The highest BCUT2D eigenvalue weighted by Crippen LogP contribution is 2.33. The molecular weight excluding hydrogens is 347 g/mol. The summed E-state index contributed by atoms with van der Waals surface area (Å²) in [4.78, 5) is 24.3. The molecule has 1 aromatic heterocycles. The lowest BCUT2D eigenvalue weighted by Gasteiger charge is -2.14. The molecule has 1 aromatic carbocycles. The molecule has 2 fully saturated rings. The average molecular weight is 370 g/mol. The molecule has 2 aliphatic carbocycles. The van der Waals surface area contributed by atoms with Crippen LogP contribution in [0.4, 0.5) is 10.1 Å². The second-order valence-electron chi connectivity index (χ2n) is 7.47. The first-order valence-corrected chi connectivity index (χ1v) is 9.50. The molecule has 0 aliphatic heterocycles. The van der Waals surface area contributed by atoms with E-state index in [0.717, 1.165) is 19.4 Å². The molecule has 0 radical (unpaired) electrons. The maximum Gasteiger partial charge on any atom is 0.255 e. The average Bonchev–Trinajstić information content (AvgIpc) is 3.37. The van der Waals surface area contributed by atoms with Crippen molar-refractivity contribution in [1.29, 1.82) is 0 Å². The van der Waals surface area contributed by atoms with Gasteiger partial charge in [-0.15, -0.1) is 0 Å². The maximum atomic E-state index is 14.5. The zero-order valence-electron chi connectivity index (χ0n) is 15.1. The number of rotatable bonds is 6. The van der Waals surface area contributed by atoms with Gasteiger partial charge in [0.2, 0.25) is 5.91 Å². The van der Waals surface area contributed by atoms with Crippen molar-refractivity contribution in [3.05, 3.63) is 58.8 Å². The van der Waals surface area contributed by atoms with Crippen molar-refractivity contribution in [3.8, 4) is 5.69 Å². The topological polar surface area (TPSA) is 60.3 Å². The van der Waals surface area contributed by atoms with Crippen molar-refractivity contribution in [2.45, 2.75) is 38.2 Å². The Morgan fingerprint density at radius 3 is 2.78 bits per heavy atom. The van der Waals surface area contributed by atoms with Gasteiger partial charge in [0.15, 0.2) is 0 Å². The van der Waals surface area contributed by atoms with Gasteiger partial charge in [0.25, 0.3) is 5.56 Å². The van der Waals surface area contributed by atoms with Gasteiger partial charge < -0.3 is 10.1 Å². The van der Waals surface area contributed by atoms with Crippen LogP contribution in [0.2, 0.25) is 0 Å². The third-order valence-corrected chi connectivity index (χ3v) is 5.33. The molecule has 6 heteroatoms. The van der Waals surface area contributed by atoms with Crippen molar-refractivity contribution in [2.24, 2.45) is 11.8 Å². The maximum absolute atomic E-state index is 14.5. The molecule has 1 heterocycles. The number of nitrogens with one attached hydrogen (secondary N) is 1. The highest BCUT2D eigenvalue weighted by atomic mass is 19.1. The number of halogens is 1. The number of carbonyl (C=O) groups is 1. The molecule has 0 bridgehead atoms. The van der Waals surface area contributed by atoms with Gasteiger partial charge in [0.1, 0.15) is 5.82 Å². The molecule has 1 unspecified atom stereocenters. The highest BCUT2D eigenvalue weighted by molar-refractivity contribution is 5.93. The molecule has 2 atom stereocenters. The second kappa shape index (κ2) is 7.64. The number of carbonyl (C=O) groups excluding carboxylic acids is 1. The van der Waals surface area contributed by atoms with Crippen LogP contribution < -0.4 is 10.9 Å². The van der Waals surface area contributed by atoms with Gasteiger partial charge in [-0.25, -0.2) is 4.39 Å². The smallest absolute Gasteiger partial charge is 0.255 e. The van der Waals surface area contributed by atoms with Gasteiger partial charge in [-0.2, -0.15) is 0 Å².